The molecule has 0 aromatic carbocycles. The van der Waals surface area contributed by atoms with E-state index in [2.05, 4.69) is 11.6 Å². The van der Waals surface area contributed by atoms with E-state index in [-0.39, 0.29) is 25.5 Å². The van der Waals surface area contributed by atoms with Gasteiger partial charge in [0, 0.05) is 38.6 Å². The van der Waals surface area contributed by atoms with Crippen molar-refractivity contribution in [1.29, 1.82) is 0 Å². The zero-order valence-corrected chi connectivity index (χ0v) is 16.5. The molecule has 2 rings (SSSR count). The molecule has 2 unspecified atom stereocenters. The van der Waals surface area contributed by atoms with Gasteiger partial charge in [0.05, 0.1) is 12.6 Å². The van der Waals surface area contributed by atoms with Gasteiger partial charge in [-0.05, 0) is 32.3 Å². The van der Waals surface area contributed by atoms with Crippen molar-refractivity contribution in [3.63, 3.8) is 0 Å². The van der Waals surface area contributed by atoms with E-state index in [4.69, 9.17) is 18.9 Å². The molecule has 0 radical (unpaired) electrons. The van der Waals surface area contributed by atoms with Crippen LogP contribution in [0, 0.1) is 0 Å². The number of likely N-dealkylation sites (tertiary alicyclic amines) is 1. The number of methoxy groups -OCH3 is 2. The number of nitrogens with zero attached hydrogens (tertiary/aromatic N) is 2. The summed E-state index contributed by atoms with van der Waals surface area (Å²) in [5.74, 6) is 0.625. The van der Waals surface area contributed by atoms with Crippen molar-refractivity contribution in [3.05, 3.63) is 36.7 Å². The van der Waals surface area contributed by atoms with Crippen LogP contribution in [0.4, 0.5) is 0 Å². The highest BCUT2D eigenvalue weighted by molar-refractivity contribution is 5.93. The molecular weight excluding hydrogens is 348 g/mol. The van der Waals surface area contributed by atoms with Gasteiger partial charge in [-0.3, -0.25) is 9.78 Å². The molecule has 150 valence electrons. The van der Waals surface area contributed by atoms with Gasteiger partial charge in [0.2, 0.25) is 0 Å². The number of carbonyl (C=O) groups is 1. The Labute approximate surface area is 161 Å². The molecule has 0 N–H and O–H groups in total. The fourth-order valence-corrected chi connectivity index (χ4v) is 3.21. The van der Waals surface area contributed by atoms with Crippen LogP contribution in [0.3, 0.4) is 0 Å². The van der Waals surface area contributed by atoms with Crippen LogP contribution in [-0.4, -0.2) is 61.8 Å². The van der Waals surface area contributed by atoms with Gasteiger partial charge < -0.3 is 23.8 Å². The molecule has 0 spiro atoms. The molecule has 1 saturated heterocycles. The zero-order valence-electron chi connectivity index (χ0n) is 16.5. The fraction of sp³-hybridized carbons (Fsp3) is 0.600. The van der Waals surface area contributed by atoms with Gasteiger partial charge in [0.15, 0.2) is 5.60 Å². The molecule has 27 heavy (non-hydrogen) atoms. The molecule has 0 saturated carbocycles. The Kier molecular flexibility index (Phi) is 8.22. The van der Waals surface area contributed by atoms with Crippen molar-refractivity contribution in [2.24, 2.45) is 0 Å². The molecule has 2 atom stereocenters. The quantitative estimate of drug-likeness (QED) is 0.227. The van der Waals surface area contributed by atoms with Crippen LogP contribution in [0.2, 0.25) is 0 Å². The van der Waals surface area contributed by atoms with Crippen LogP contribution in [0.5, 0.6) is 5.75 Å². The van der Waals surface area contributed by atoms with Crippen LogP contribution in [-0.2, 0) is 25.4 Å². The lowest BCUT2D eigenvalue weighted by Gasteiger charge is -2.53. The Morgan fingerprint density at radius 2 is 2.15 bits per heavy atom. The molecule has 1 amide bonds. The van der Waals surface area contributed by atoms with E-state index in [1.807, 2.05) is 25.1 Å². The number of aromatic nitrogens is 1. The Bertz CT molecular complexity index is 624. The summed E-state index contributed by atoms with van der Waals surface area (Å²) in [7, 11) is 3.10. The molecule has 1 fully saturated rings. The Morgan fingerprint density at radius 3 is 2.81 bits per heavy atom. The van der Waals surface area contributed by atoms with Gasteiger partial charge in [0.1, 0.15) is 19.3 Å². The lowest BCUT2D eigenvalue weighted by atomic mass is 9.79. The highest BCUT2D eigenvalue weighted by atomic mass is 16.7. The molecule has 2 heterocycles. The summed E-state index contributed by atoms with van der Waals surface area (Å²) in [5.41, 5.74) is -0.253. The normalized spacial score (nSPS) is 21.8. The molecule has 0 aliphatic carbocycles. The highest BCUT2D eigenvalue weighted by Crippen LogP contribution is 2.37. The van der Waals surface area contributed by atoms with Gasteiger partial charge in [-0.15, -0.1) is 6.58 Å². The average Bonchev–Trinajstić information content (AvgIpc) is 2.69. The predicted molar refractivity (Wildman–Crippen MR) is 101 cm³/mol. The standard InChI is InChI=1S/C20H30N2O5/c1-5-6-7-8-11-26-18-9-10-21-17(12-18)13-20(27-15-25-4)16(2)22(14-24-3)19(20)23/h5,9-10,12,16H,1,6-8,11,13-15H2,2-4H3. The number of allylic oxidation sites excluding steroid dienone is 1. The number of β-lactam (4-membered cyclic amide) rings is 1. The van der Waals surface area contributed by atoms with Crippen LogP contribution >= 0.6 is 0 Å². The minimum absolute atomic E-state index is 0.0381. The van der Waals surface area contributed by atoms with Gasteiger partial charge in [0.25, 0.3) is 5.91 Å². The number of rotatable bonds is 13. The molecule has 1 aliphatic heterocycles. The first-order valence-corrected chi connectivity index (χ1v) is 9.20. The number of amides is 1. The van der Waals surface area contributed by atoms with Crippen molar-refractivity contribution >= 4 is 5.91 Å². The van der Waals surface area contributed by atoms with Crippen LogP contribution in [0.15, 0.2) is 31.0 Å². The summed E-state index contributed by atoms with van der Waals surface area (Å²) in [6.07, 6.45) is 6.96. The average molecular weight is 378 g/mol. The fourth-order valence-electron chi connectivity index (χ4n) is 3.21. The highest BCUT2D eigenvalue weighted by Gasteiger charge is 2.60. The molecule has 7 nitrogen and oxygen atoms in total. The van der Waals surface area contributed by atoms with Crippen LogP contribution in [0.25, 0.3) is 0 Å². The smallest absolute Gasteiger partial charge is 0.259 e. The lowest BCUT2D eigenvalue weighted by Crippen LogP contribution is -2.75. The first kappa shape index (κ1) is 21.3. The van der Waals surface area contributed by atoms with E-state index < -0.39 is 5.60 Å². The van der Waals surface area contributed by atoms with E-state index in [0.29, 0.717) is 13.0 Å². The van der Waals surface area contributed by atoms with Gasteiger partial charge in [-0.2, -0.15) is 0 Å². The van der Waals surface area contributed by atoms with E-state index in [1.165, 1.54) is 7.11 Å². The first-order chi connectivity index (χ1) is 13.1. The van der Waals surface area contributed by atoms with Crippen molar-refractivity contribution < 1.29 is 23.7 Å². The number of hydrogen-bond donors (Lipinski definition) is 0. The number of hydrogen-bond acceptors (Lipinski definition) is 6. The third-order valence-electron chi connectivity index (χ3n) is 4.77. The van der Waals surface area contributed by atoms with E-state index in [9.17, 15) is 4.79 Å². The van der Waals surface area contributed by atoms with Gasteiger partial charge in [-0.1, -0.05) is 6.08 Å². The second-order valence-electron chi connectivity index (χ2n) is 6.60. The summed E-state index contributed by atoms with van der Waals surface area (Å²) in [6, 6.07) is 3.54. The summed E-state index contributed by atoms with van der Waals surface area (Å²) in [5, 5.41) is 0. The number of pyridine rings is 1. The predicted octanol–water partition coefficient (Wildman–Crippen LogP) is 2.55. The largest absolute Gasteiger partial charge is 0.493 e. The summed E-state index contributed by atoms with van der Waals surface area (Å²) < 4.78 is 21.8. The maximum Gasteiger partial charge on any atom is 0.259 e. The van der Waals surface area contributed by atoms with Crippen molar-refractivity contribution in [3.8, 4) is 5.75 Å². The van der Waals surface area contributed by atoms with E-state index in [0.717, 1.165) is 30.7 Å². The van der Waals surface area contributed by atoms with E-state index >= 15 is 0 Å². The summed E-state index contributed by atoms with van der Waals surface area (Å²) >= 11 is 0. The Morgan fingerprint density at radius 1 is 1.33 bits per heavy atom. The second kappa shape index (κ2) is 10.4. The van der Waals surface area contributed by atoms with Gasteiger partial charge >= 0.3 is 0 Å². The van der Waals surface area contributed by atoms with Gasteiger partial charge in [-0.25, -0.2) is 0 Å². The summed E-state index contributed by atoms with van der Waals surface area (Å²) in [6.45, 7) is 6.57. The number of ether oxygens (including phenoxy) is 4. The van der Waals surface area contributed by atoms with Crippen molar-refractivity contribution in [2.75, 3.05) is 34.4 Å². The molecule has 1 aliphatic rings. The molecular formula is C20H30N2O5. The molecule has 7 heteroatoms. The van der Waals surface area contributed by atoms with E-state index in [1.54, 1.807) is 18.2 Å². The third-order valence-corrected chi connectivity index (χ3v) is 4.77. The maximum atomic E-state index is 12.7. The Hall–Kier alpha value is -1.96. The van der Waals surface area contributed by atoms with Crippen LogP contribution < -0.4 is 4.74 Å². The lowest BCUT2D eigenvalue weighted by molar-refractivity contribution is -0.230. The maximum absolute atomic E-state index is 12.7. The zero-order chi connectivity index (χ0) is 19.7. The SMILES string of the molecule is C=CCCCCOc1ccnc(CC2(OCOC)C(=O)N(COC)C2C)c1. The minimum Gasteiger partial charge on any atom is -0.493 e. The Balaban J connectivity index is 2.04. The first-order valence-electron chi connectivity index (χ1n) is 9.20. The van der Waals surface area contributed by atoms with Crippen LogP contribution in [0.1, 0.15) is 31.9 Å². The van der Waals surface area contributed by atoms with Crippen molar-refractivity contribution in [1.82, 2.24) is 9.88 Å². The van der Waals surface area contributed by atoms with Crippen molar-refractivity contribution in [2.45, 2.75) is 44.2 Å². The second-order valence-corrected chi connectivity index (χ2v) is 6.60. The molecule has 1 aromatic rings. The third kappa shape index (κ3) is 5.06. The number of unbranched alkanes of at least 4 members (excludes halogenated alkanes) is 2. The molecule has 1 aromatic heterocycles. The molecule has 0 bridgehead atoms. The summed E-state index contributed by atoms with van der Waals surface area (Å²) in [4.78, 5) is 18.8. The topological polar surface area (TPSA) is 70.1 Å². The minimum atomic E-state index is -0.996. The number of carbonyl (C=O) groups excluding carboxylic acids is 1. The monoisotopic (exact) mass is 378 g/mol.